The summed E-state index contributed by atoms with van der Waals surface area (Å²) in [5, 5.41) is 5.42. The van der Waals surface area contributed by atoms with Crippen LogP contribution in [0.3, 0.4) is 0 Å². The third kappa shape index (κ3) is 3.39. The van der Waals surface area contributed by atoms with Crippen molar-refractivity contribution < 1.29 is 0 Å². The SMILES string of the molecule is CNCc1cccnc1Sc1cc(Cl)ccc1Cl. The van der Waals surface area contributed by atoms with Gasteiger partial charge in [0, 0.05) is 22.7 Å². The molecule has 0 unspecified atom stereocenters. The second-order valence-electron chi connectivity index (χ2n) is 3.67. The molecule has 0 spiro atoms. The lowest BCUT2D eigenvalue weighted by atomic mass is 10.3. The molecule has 5 heteroatoms. The molecule has 2 nitrogen and oxygen atoms in total. The molecular weight excluding hydrogens is 287 g/mol. The predicted octanol–water partition coefficient (Wildman–Crippen LogP) is 4.26. The van der Waals surface area contributed by atoms with E-state index in [1.54, 1.807) is 18.3 Å². The molecule has 1 aromatic carbocycles. The molecular formula is C13H12Cl2N2S. The summed E-state index contributed by atoms with van der Waals surface area (Å²) in [5.41, 5.74) is 1.14. The summed E-state index contributed by atoms with van der Waals surface area (Å²) in [6, 6.07) is 9.40. The van der Waals surface area contributed by atoms with Gasteiger partial charge in [-0.2, -0.15) is 0 Å². The van der Waals surface area contributed by atoms with E-state index in [1.165, 1.54) is 11.8 Å². The Bertz CT molecular complexity index is 546. The fraction of sp³-hybridized carbons (Fsp3) is 0.154. The Hall–Kier alpha value is -0.740. The minimum Gasteiger partial charge on any atom is -0.316 e. The van der Waals surface area contributed by atoms with Gasteiger partial charge in [0.25, 0.3) is 0 Å². The molecule has 1 heterocycles. The maximum atomic E-state index is 6.15. The van der Waals surface area contributed by atoms with Crippen LogP contribution in [0.5, 0.6) is 0 Å². The van der Waals surface area contributed by atoms with Gasteiger partial charge in [0.2, 0.25) is 0 Å². The maximum Gasteiger partial charge on any atom is 0.105 e. The van der Waals surface area contributed by atoms with Gasteiger partial charge in [-0.1, -0.05) is 41.0 Å². The summed E-state index contributed by atoms with van der Waals surface area (Å²) < 4.78 is 0. The van der Waals surface area contributed by atoms with Gasteiger partial charge in [0.1, 0.15) is 5.03 Å². The van der Waals surface area contributed by atoms with Crippen LogP contribution in [0.25, 0.3) is 0 Å². The first-order valence-electron chi connectivity index (χ1n) is 5.42. The number of hydrogen-bond acceptors (Lipinski definition) is 3. The van der Waals surface area contributed by atoms with E-state index in [0.717, 1.165) is 22.0 Å². The highest BCUT2D eigenvalue weighted by molar-refractivity contribution is 7.99. The summed E-state index contributed by atoms with van der Waals surface area (Å²) in [4.78, 5) is 5.30. The van der Waals surface area contributed by atoms with Gasteiger partial charge in [-0.25, -0.2) is 4.98 Å². The number of pyridine rings is 1. The highest BCUT2D eigenvalue weighted by Gasteiger charge is 2.08. The monoisotopic (exact) mass is 298 g/mol. The summed E-state index contributed by atoms with van der Waals surface area (Å²) >= 11 is 13.7. The molecule has 0 aliphatic heterocycles. The van der Waals surface area contributed by atoms with E-state index in [9.17, 15) is 0 Å². The van der Waals surface area contributed by atoms with Crippen molar-refractivity contribution in [1.82, 2.24) is 10.3 Å². The minimum absolute atomic E-state index is 0.674. The van der Waals surface area contributed by atoms with Crippen molar-refractivity contribution in [3.8, 4) is 0 Å². The Labute approximate surface area is 121 Å². The number of hydrogen-bond donors (Lipinski definition) is 1. The van der Waals surface area contributed by atoms with E-state index in [1.807, 2.05) is 25.2 Å². The van der Waals surface area contributed by atoms with Crippen molar-refractivity contribution in [2.75, 3.05) is 7.05 Å². The van der Waals surface area contributed by atoms with Crippen molar-refractivity contribution in [3.63, 3.8) is 0 Å². The van der Waals surface area contributed by atoms with Crippen molar-refractivity contribution in [2.24, 2.45) is 0 Å². The molecule has 2 rings (SSSR count). The quantitative estimate of drug-likeness (QED) is 0.913. The van der Waals surface area contributed by atoms with Crippen molar-refractivity contribution in [1.29, 1.82) is 0 Å². The normalized spacial score (nSPS) is 10.6. The van der Waals surface area contributed by atoms with Crippen molar-refractivity contribution in [3.05, 3.63) is 52.1 Å². The number of halogens is 2. The molecule has 0 saturated heterocycles. The summed E-state index contributed by atoms with van der Waals surface area (Å²) in [6.07, 6.45) is 1.78. The first-order valence-corrected chi connectivity index (χ1v) is 6.99. The first-order chi connectivity index (χ1) is 8.70. The van der Waals surface area contributed by atoms with Crippen LogP contribution < -0.4 is 5.32 Å². The van der Waals surface area contributed by atoms with Gasteiger partial charge in [0.05, 0.1) is 5.02 Å². The van der Waals surface area contributed by atoms with E-state index >= 15 is 0 Å². The Morgan fingerprint density at radius 1 is 1.28 bits per heavy atom. The molecule has 94 valence electrons. The molecule has 0 aliphatic carbocycles. The molecule has 2 aromatic rings. The molecule has 1 aromatic heterocycles. The highest BCUT2D eigenvalue weighted by atomic mass is 35.5. The lowest BCUT2D eigenvalue weighted by Crippen LogP contribution is -2.06. The average Bonchev–Trinajstić information content (AvgIpc) is 2.36. The second-order valence-corrected chi connectivity index (χ2v) is 5.55. The molecule has 0 radical (unpaired) electrons. The molecule has 0 bridgehead atoms. The summed E-state index contributed by atoms with van der Waals surface area (Å²) in [6.45, 7) is 0.772. The molecule has 18 heavy (non-hydrogen) atoms. The smallest absolute Gasteiger partial charge is 0.105 e. The first kappa shape index (κ1) is 13.7. The van der Waals surface area contributed by atoms with E-state index in [4.69, 9.17) is 23.2 Å². The van der Waals surface area contributed by atoms with Crippen LogP contribution in [-0.4, -0.2) is 12.0 Å². The van der Waals surface area contributed by atoms with Crippen LogP contribution in [0.2, 0.25) is 10.0 Å². The highest BCUT2D eigenvalue weighted by Crippen LogP contribution is 2.35. The van der Waals surface area contributed by atoms with Gasteiger partial charge >= 0.3 is 0 Å². The lowest BCUT2D eigenvalue weighted by Gasteiger charge is -2.08. The largest absolute Gasteiger partial charge is 0.316 e. The van der Waals surface area contributed by atoms with Crippen LogP contribution in [-0.2, 0) is 6.54 Å². The molecule has 0 aliphatic rings. The zero-order chi connectivity index (χ0) is 13.0. The predicted molar refractivity (Wildman–Crippen MR) is 77.6 cm³/mol. The Morgan fingerprint density at radius 2 is 2.11 bits per heavy atom. The number of aromatic nitrogens is 1. The number of nitrogens with zero attached hydrogens (tertiary/aromatic N) is 1. The fourth-order valence-corrected chi connectivity index (χ4v) is 2.92. The van der Waals surface area contributed by atoms with E-state index in [-0.39, 0.29) is 0 Å². The Morgan fingerprint density at radius 3 is 2.89 bits per heavy atom. The molecule has 0 amide bonds. The third-order valence-electron chi connectivity index (χ3n) is 2.32. The summed E-state index contributed by atoms with van der Waals surface area (Å²) in [7, 11) is 1.91. The zero-order valence-electron chi connectivity index (χ0n) is 9.78. The maximum absolute atomic E-state index is 6.15. The van der Waals surface area contributed by atoms with Crippen molar-refractivity contribution >= 4 is 35.0 Å². The summed E-state index contributed by atoms with van der Waals surface area (Å²) in [5.74, 6) is 0. The standard InChI is InChI=1S/C13H12Cl2N2S/c1-16-8-9-3-2-6-17-13(9)18-12-7-10(14)4-5-11(12)15/h2-7,16H,8H2,1H3. The van der Waals surface area contributed by atoms with E-state index < -0.39 is 0 Å². The van der Waals surface area contributed by atoms with E-state index in [0.29, 0.717) is 10.0 Å². The number of nitrogens with one attached hydrogen (secondary N) is 1. The zero-order valence-corrected chi connectivity index (χ0v) is 12.1. The Kier molecular flexibility index (Phi) is 4.89. The van der Waals surface area contributed by atoms with E-state index in [2.05, 4.69) is 10.3 Å². The molecule has 1 N–H and O–H groups in total. The van der Waals surface area contributed by atoms with Gasteiger partial charge in [-0.05, 0) is 36.9 Å². The van der Waals surface area contributed by atoms with Crippen LogP contribution in [0.4, 0.5) is 0 Å². The van der Waals surface area contributed by atoms with Crippen LogP contribution >= 0.6 is 35.0 Å². The van der Waals surface area contributed by atoms with Crippen LogP contribution in [0.1, 0.15) is 5.56 Å². The van der Waals surface area contributed by atoms with Crippen LogP contribution in [0.15, 0.2) is 46.5 Å². The topological polar surface area (TPSA) is 24.9 Å². The number of rotatable bonds is 4. The van der Waals surface area contributed by atoms with Gasteiger partial charge in [0.15, 0.2) is 0 Å². The van der Waals surface area contributed by atoms with Gasteiger partial charge in [-0.3, -0.25) is 0 Å². The third-order valence-corrected chi connectivity index (χ3v) is 4.11. The average molecular weight is 299 g/mol. The molecule has 0 saturated carbocycles. The Balaban J connectivity index is 2.30. The second kappa shape index (κ2) is 6.43. The van der Waals surface area contributed by atoms with Crippen molar-refractivity contribution in [2.45, 2.75) is 16.5 Å². The van der Waals surface area contributed by atoms with Gasteiger partial charge in [-0.15, -0.1) is 0 Å². The molecule has 0 fully saturated rings. The van der Waals surface area contributed by atoms with Crippen LogP contribution in [0, 0.1) is 0 Å². The molecule has 0 atom stereocenters. The van der Waals surface area contributed by atoms with Gasteiger partial charge < -0.3 is 5.32 Å². The minimum atomic E-state index is 0.674. The fourth-order valence-electron chi connectivity index (χ4n) is 1.50. The number of benzene rings is 1. The lowest BCUT2D eigenvalue weighted by molar-refractivity contribution is 0.790.